The Bertz CT molecular complexity index is 353. The van der Waals surface area contributed by atoms with Crippen LogP contribution in [0.1, 0.15) is 18.5 Å². The topological polar surface area (TPSA) is 12.0 Å². The first-order valence-corrected chi connectivity index (χ1v) is 8.20. The first-order valence-electron chi connectivity index (χ1n) is 5.99. The molecule has 2 atom stereocenters. The van der Waals surface area contributed by atoms with E-state index in [0.29, 0.717) is 5.25 Å². The van der Waals surface area contributed by atoms with E-state index in [1.807, 2.05) is 29.6 Å². The number of halogens is 1. The molecule has 1 aliphatic rings. The van der Waals surface area contributed by atoms with Gasteiger partial charge in [0.1, 0.15) is 5.82 Å². The monoisotopic (exact) mass is 271 g/mol. The maximum Gasteiger partial charge on any atom is 0.123 e. The number of hydrogen-bond donors (Lipinski definition) is 1. The highest BCUT2D eigenvalue weighted by Crippen LogP contribution is 2.33. The van der Waals surface area contributed by atoms with Crippen molar-refractivity contribution in [1.82, 2.24) is 5.32 Å². The van der Waals surface area contributed by atoms with Crippen molar-refractivity contribution in [2.45, 2.75) is 18.2 Å². The standard InChI is InChI=1S/C13H18FNS2/c1-2-15-13(12-9-16-6-7-17-12)10-4-3-5-11(14)8-10/h3-5,8,12-13,15H,2,6-7,9H2,1H3. The average molecular weight is 271 g/mol. The minimum atomic E-state index is -0.140. The largest absolute Gasteiger partial charge is 0.309 e. The molecule has 0 saturated carbocycles. The Morgan fingerprint density at radius 3 is 3.00 bits per heavy atom. The SMILES string of the molecule is CCNC(c1cccc(F)c1)C1CSCCS1. The zero-order chi connectivity index (χ0) is 12.1. The van der Waals surface area contributed by atoms with Gasteiger partial charge in [0.05, 0.1) is 0 Å². The molecule has 1 nitrogen and oxygen atoms in total. The summed E-state index contributed by atoms with van der Waals surface area (Å²) in [6.45, 7) is 3.02. The third-order valence-electron chi connectivity index (χ3n) is 2.85. The highest BCUT2D eigenvalue weighted by Gasteiger charge is 2.25. The lowest BCUT2D eigenvalue weighted by molar-refractivity contribution is 0.543. The van der Waals surface area contributed by atoms with Gasteiger partial charge < -0.3 is 5.32 Å². The summed E-state index contributed by atoms with van der Waals surface area (Å²) in [5.41, 5.74) is 1.08. The Kier molecular flexibility index (Phi) is 5.19. The molecule has 2 unspecified atom stereocenters. The Balaban J connectivity index is 2.15. The van der Waals surface area contributed by atoms with E-state index in [1.165, 1.54) is 17.6 Å². The van der Waals surface area contributed by atoms with Crippen LogP contribution in [-0.2, 0) is 0 Å². The molecule has 94 valence electrons. The van der Waals surface area contributed by atoms with Crippen LogP contribution >= 0.6 is 23.5 Å². The summed E-state index contributed by atoms with van der Waals surface area (Å²) in [6, 6.07) is 7.27. The van der Waals surface area contributed by atoms with Crippen LogP contribution in [0.4, 0.5) is 4.39 Å². The molecule has 1 fully saturated rings. The van der Waals surface area contributed by atoms with Gasteiger partial charge in [0, 0.05) is 28.6 Å². The van der Waals surface area contributed by atoms with Crippen molar-refractivity contribution in [2.75, 3.05) is 23.8 Å². The van der Waals surface area contributed by atoms with Gasteiger partial charge in [-0.15, -0.1) is 0 Å². The lowest BCUT2D eigenvalue weighted by Gasteiger charge is -2.30. The molecule has 0 aliphatic carbocycles. The molecular formula is C13H18FNS2. The van der Waals surface area contributed by atoms with E-state index in [2.05, 4.69) is 12.2 Å². The molecule has 0 spiro atoms. The number of hydrogen-bond acceptors (Lipinski definition) is 3. The molecule has 1 aromatic carbocycles. The summed E-state index contributed by atoms with van der Waals surface area (Å²) in [6.07, 6.45) is 0. The molecule has 17 heavy (non-hydrogen) atoms. The molecular weight excluding hydrogens is 253 g/mol. The maximum atomic E-state index is 13.3. The Labute approximate surface area is 111 Å². The van der Waals surface area contributed by atoms with E-state index in [4.69, 9.17) is 0 Å². The fourth-order valence-corrected chi connectivity index (χ4v) is 4.95. The van der Waals surface area contributed by atoms with Crippen LogP contribution in [0.15, 0.2) is 24.3 Å². The summed E-state index contributed by atoms with van der Waals surface area (Å²) >= 11 is 4.01. The van der Waals surface area contributed by atoms with Crippen molar-refractivity contribution in [3.63, 3.8) is 0 Å². The summed E-state index contributed by atoms with van der Waals surface area (Å²) in [5, 5.41) is 4.05. The molecule has 2 rings (SSSR count). The van der Waals surface area contributed by atoms with Crippen LogP contribution in [0.2, 0.25) is 0 Å². The minimum absolute atomic E-state index is 0.140. The van der Waals surface area contributed by atoms with Gasteiger partial charge in [-0.3, -0.25) is 0 Å². The van der Waals surface area contributed by atoms with Crippen molar-refractivity contribution in [3.05, 3.63) is 35.6 Å². The molecule has 0 aromatic heterocycles. The van der Waals surface area contributed by atoms with Gasteiger partial charge in [0.25, 0.3) is 0 Å². The van der Waals surface area contributed by atoms with Crippen molar-refractivity contribution >= 4 is 23.5 Å². The summed E-state index contributed by atoms with van der Waals surface area (Å²) in [4.78, 5) is 0. The van der Waals surface area contributed by atoms with Gasteiger partial charge in [-0.25, -0.2) is 4.39 Å². The first kappa shape index (κ1) is 13.2. The van der Waals surface area contributed by atoms with Crippen LogP contribution in [0.3, 0.4) is 0 Å². The van der Waals surface area contributed by atoms with Crippen LogP contribution in [0.5, 0.6) is 0 Å². The van der Waals surface area contributed by atoms with E-state index in [0.717, 1.165) is 17.9 Å². The number of rotatable bonds is 4. The maximum absolute atomic E-state index is 13.3. The lowest BCUT2D eigenvalue weighted by Crippen LogP contribution is -2.33. The van der Waals surface area contributed by atoms with E-state index in [1.54, 1.807) is 12.1 Å². The molecule has 0 amide bonds. The van der Waals surface area contributed by atoms with Crippen LogP contribution < -0.4 is 5.32 Å². The average Bonchev–Trinajstić information content (AvgIpc) is 2.37. The molecule has 0 radical (unpaired) electrons. The van der Waals surface area contributed by atoms with E-state index in [-0.39, 0.29) is 11.9 Å². The third-order valence-corrected chi connectivity index (χ3v) is 5.71. The second kappa shape index (κ2) is 6.66. The van der Waals surface area contributed by atoms with Crippen LogP contribution in [0, 0.1) is 5.82 Å². The van der Waals surface area contributed by atoms with Crippen molar-refractivity contribution in [2.24, 2.45) is 0 Å². The molecule has 0 bridgehead atoms. The summed E-state index contributed by atoms with van der Waals surface area (Å²) in [5.74, 6) is 3.45. The minimum Gasteiger partial charge on any atom is -0.309 e. The second-order valence-corrected chi connectivity index (χ2v) is 6.57. The smallest absolute Gasteiger partial charge is 0.123 e. The van der Waals surface area contributed by atoms with Crippen LogP contribution in [-0.4, -0.2) is 29.1 Å². The number of thioether (sulfide) groups is 2. The normalized spacial score (nSPS) is 22.4. The zero-order valence-electron chi connectivity index (χ0n) is 9.99. The predicted octanol–water partition coefficient (Wildman–Crippen LogP) is 3.32. The molecule has 1 saturated heterocycles. The molecule has 1 N–H and O–H groups in total. The van der Waals surface area contributed by atoms with Gasteiger partial charge in [-0.2, -0.15) is 23.5 Å². The highest BCUT2D eigenvalue weighted by atomic mass is 32.2. The van der Waals surface area contributed by atoms with Gasteiger partial charge >= 0.3 is 0 Å². The second-order valence-electron chi connectivity index (χ2n) is 4.07. The van der Waals surface area contributed by atoms with Crippen molar-refractivity contribution in [1.29, 1.82) is 0 Å². The summed E-state index contributed by atoms with van der Waals surface area (Å²) < 4.78 is 13.3. The molecule has 4 heteroatoms. The lowest BCUT2D eigenvalue weighted by atomic mass is 10.0. The van der Waals surface area contributed by atoms with Crippen molar-refractivity contribution < 1.29 is 4.39 Å². The quantitative estimate of drug-likeness (QED) is 0.902. The Hall–Kier alpha value is -0.190. The Morgan fingerprint density at radius 1 is 1.47 bits per heavy atom. The third kappa shape index (κ3) is 3.63. The fourth-order valence-electron chi connectivity index (χ4n) is 2.08. The van der Waals surface area contributed by atoms with Gasteiger partial charge in [-0.1, -0.05) is 19.1 Å². The van der Waals surface area contributed by atoms with Gasteiger partial charge in [0.2, 0.25) is 0 Å². The van der Waals surface area contributed by atoms with E-state index in [9.17, 15) is 4.39 Å². The number of nitrogens with one attached hydrogen (secondary N) is 1. The zero-order valence-corrected chi connectivity index (χ0v) is 11.6. The molecule has 1 heterocycles. The summed E-state index contributed by atoms with van der Waals surface area (Å²) in [7, 11) is 0. The van der Waals surface area contributed by atoms with Gasteiger partial charge in [0.15, 0.2) is 0 Å². The van der Waals surface area contributed by atoms with Crippen molar-refractivity contribution in [3.8, 4) is 0 Å². The van der Waals surface area contributed by atoms with E-state index < -0.39 is 0 Å². The molecule has 1 aliphatic heterocycles. The van der Waals surface area contributed by atoms with Gasteiger partial charge in [-0.05, 0) is 24.2 Å². The Morgan fingerprint density at radius 2 is 2.35 bits per heavy atom. The van der Waals surface area contributed by atoms with E-state index >= 15 is 0 Å². The molecule has 1 aromatic rings. The number of benzene rings is 1. The highest BCUT2D eigenvalue weighted by molar-refractivity contribution is 8.06. The fraction of sp³-hybridized carbons (Fsp3) is 0.538. The predicted molar refractivity (Wildman–Crippen MR) is 76.4 cm³/mol. The van der Waals surface area contributed by atoms with Crippen LogP contribution in [0.25, 0.3) is 0 Å². The first-order chi connectivity index (χ1) is 8.31.